The number of aryl methyl sites for hydroxylation is 1. The molecule has 0 bridgehead atoms. The largest absolute Gasteiger partial charge is 0.469 e. The van der Waals surface area contributed by atoms with Crippen LogP contribution in [0, 0.1) is 5.92 Å². The molecule has 1 rings (SSSR count). The number of hydrogen-bond donors (Lipinski definition) is 0. The molecule has 2 nitrogen and oxygen atoms in total. The monoisotopic (exact) mass is 220 g/mol. The van der Waals surface area contributed by atoms with Crippen molar-refractivity contribution in [1.29, 1.82) is 0 Å². The summed E-state index contributed by atoms with van der Waals surface area (Å²) in [5.41, 5.74) is 1.37. The maximum Gasteiger partial charge on any atom is 0.305 e. The van der Waals surface area contributed by atoms with Gasteiger partial charge in [0, 0.05) is 6.42 Å². The van der Waals surface area contributed by atoms with E-state index >= 15 is 0 Å². The number of ether oxygens (including phenoxy) is 1. The zero-order chi connectivity index (χ0) is 11.8. The van der Waals surface area contributed by atoms with Crippen LogP contribution in [0.3, 0.4) is 0 Å². The summed E-state index contributed by atoms with van der Waals surface area (Å²) in [6, 6.07) is 10.5. The standard InChI is InChI=1S/C14H20O2/c1-12(9-11-14(15)16-2)8-10-13-6-4-3-5-7-13/h3-7,12H,8-11H2,1-2H3. The van der Waals surface area contributed by atoms with Crippen molar-refractivity contribution in [3.8, 4) is 0 Å². The van der Waals surface area contributed by atoms with Crippen LogP contribution < -0.4 is 0 Å². The molecule has 1 aromatic rings. The van der Waals surface area contributed by atoms with Gasteiger partial charge in [-0.3, -0.25) is 4.79 Å². The number of rotatable bonds is 6. The van der Waals surface area contributed by atoms with Crippen molar-refractivity contribution in [2.24, 2.45) is 5.92 Å². The summed E-state index contributed by atoms with van der Waals surface area (Å²) >= 11 is 0. The lowest BCUT2D eigenvalue weighted by molar-refractivity contribution is -0.140. The smallest absolute Gasteiger partial charge is 0.305 e. The minimum Gasteiger partial charge on any atom is -0.469 e. The molecule has 0 saturated heterocycles. The van der Waals surface area contributed by atoms with Gasteiger partial charge in [-0.25, -0.2) is 0 Å². The van der Waals surface area contributed by atoms with E-state index in [1.54, 1.807) is 0 Å². The van der Waals surface area contributed by atoms with E-state index in [1.807, 2.05) is 6.07 Å². The van der Waals surface area contributed by atoms with Crippen LogP contribution in [0.15, 0.2) is 30.3 Å². The van der Waals surface area contributed by atoms with E-state index in [0.29, 0.717) is 12.3 Å². The second-order valence-electron chi connectivity index (χ2n) is 4.24. The minimum atomic E-state index is -0.105. The molecule has 0 heterocycles. The molecule has 0 saturated carbocycles. The SMILES string of the molecule is COC(=O)CCC(C)CCc1ccccc1. The van der Waals surface area contributed by atoms with Gasteiger partial charge < -0.3 is 4.74 Å². The Morgan fingerprint density at radius 1 is 1.25 bits per heavy atom. The molecule has 1 aromatic carbocycles. The molecule has 0 aromatic heterocycles. The Balaban J connectivity index is 2.20. The molecule has 0 N–H and O–H groups in total. The summed E-state index contributed by atoms with van der Waals surface area (Å²) in [4.78, 5) is 11.0. The first-order chi connectivity index (χ1) is 7.72. The number of benzene rings is 1. The Hall–Kier alpha value is -1.31. The van der Waals surface area contributed by atoms with Crippen molar-refractivity contribution in [2.45, 2.75) is 32.6 Å². The van der Waals surface area contributed by atoms with Crippen LogP contribution in [0.25, 0.3) is 0 Å². The Labute approximate surface area is 97.6 Å². The van der Waals surface area contributed by atoms with E-state index in [2.05, 4.69) is 35.9 Å². The van der Waals surface area contributed by atoms with Gasteiger partial charge in [-0.2, -0.15) is 0 Å². The molecule has 88 valence electrons. The Kier molecular flexibility index (Phi) is 5.62. The van der Waals surface area contributed by atoms with Crippen molar-refractivity contribution < 1.29 is 9.53 Å². The lowest BCUT2D eigenvalue weighted by atomic mass is 9.97. The van der Waals surface area contributed by atoms with Crippen LogP contribution in [0.2, 0.25) is 0 Å². The van der Waals surface area contributed by atoms with Gasteiger partial charge in [0.15, 0.2) is 0 Å². The van der Waals surface area contributed by atoms with Crippen LogP contribution in [0.5, 0.6) is 0 Å². The van der Waals surface area contributed by atoms with Gasteiger partial charge >= 0.3 is 5.97 Å². The highest BCUT2D eigenvalue weighted by Gasteiger charge is 2.06. The highest BCUT2D eigenvalue weighted by atomic mass is 16.5. The van der Waals surface area contributed by atoms with Crippen LogP contribution in [-0.4, -0.2) is 13.1 Å². The van der Waals surface area contributed by atoms with Gasteiger partial charge in [-0.15, -0.1) is 0 Å². The molecule has 0 aliphatic carbocycles. The number of carbonyl (C=O) groups is 1. The van der Waals surface area contributed by atoms with E-state index < -0.39 is 0 Å². The van der Waals surface area contributed by atoms with Gasteiger partial charge in [0.05, 0.1) is 7.11 Å². The second kappa shape index (κ2) is 7.04. The maximum atomic E-state index is 11.0. The maximum absolute atomic E-state index is 11.0. The molecule has 2 heteroatoms. The zero-order valence-corrected chi connectivity index (χ0v) is 10.1. The third-order valence-corrected chi connectivity index (χ3v) is 2.84. The van der Waals surface area contributed by atoms with Crippen LogP contribution in [0.1, 0.15) is 31.7 Å². The van der Waals surface area contributed by atoms with Gasteiger partial charge in [0.2, 0.25) is 0 Å². The first-order valence-electron chi connectivity index (χ1n) is 5.83. The van der Waals surface area contributed by atoms with Crippen molar-refractivity contribution in [1.82, 2.24) is 0 Å². The summed E-state index contributed by atoms with van der Waals surface area (Å²) in [5, 5.41) is 0. The summed E-state index contributed by atoms with van der Waals surface area (Å²) < 4.78 is 4.62. The molecule has 1 unspecified atom stereocenters. The fraction of sp³-hybridized carbons (Fsp3) is 0.500. The van der Waals surface area contributed by atoms with Crippen LogP contribution in [0.4, 0.5) is 0 Å². The van der Waals surface area contributed by atoms with Crippen LogP contribution >= 0.6 is 0 Å². The quantitative estimate of drug-likeness (QED) is 0.688. The summed E-state index contributed by atoms with van der Waals surface area (Å²) in [6.07, 6.45) is 3.66. The van der Waals surface area contributed by atoms with E-state index in [0.717, 1.165) is 19.3 Å². The Morgan fingerprint density at radius 3 is 2.56 bits per heavy atom. The molecule has 0 fully saturated rings. The molecular formula is C14H20O2. The fourth-order valence-corrected chi connectivity index (χ4v) is 1.67. The first kappa shape index (κ1) is 12.8. The lowest BCUT2D eigenvalue weighted by Crippen LogP contribution is -2.04. The third-order valence-electron chi connectivity index (χ3n) is 2.84. The van der Waals surface area contributed by atoms with E-state index in [-0.39, 0.29) is 5.97 Å². The second-order valence-corrected chi connectivity index (χ2v) is 4.24. The minimum absolute atomic E-state index is 0.105. The summed E-state index contributed by atoms with van der Waals surface area (Å²) in [5.74, 6) is 0.464. The molecule has 0 amide bonds. The molecule has 1 atom stereocenters. The van der Waals surface area contributed by atoms with Crippen molar-refractivity contribution >= 4 is 5.97 Å². The Bertz CT molecular complexity index is 306. The van der Waals surface area contributed by atoms with E-state index in [9.17, 15) is 4.79 Å². The Morgan fingerprint density at radius 2 is 1.94 bits per heavy atom. The molecule has 0 radical (unpaired) electrons. The highest BCUT2D eigenvalue weighted by molar-refractivity contribution is 5.69. The molecule has 0 aliphatic rings. The number of carbonyl (C=O) groups excluding carboxylic acids is 1. The average Bonchev–Trinajstić information content (AvgIpc) is 2.34. The third kappa shape index (κ3) is 4.96. The summed E-state index contributed by atoms with van der Waals surface area (Å²) in [7, 11) is 1.44. The summed E-state index contributed by atoms with van der Waals surface area (Å²) in [6.45, 7) is 2.19. The predicted molar refractivity (Wildman–Crippen MR) is 65.2 cm³/mol. The molecule has 0 spiro atoms. The molecule has 16 heavy (non-hydrogen) atoms. The first-order valence-corrected chi connectivity index (χ1v) is 5.83. The van der Waals surface area contributed by atoms with E-state index in [1.165, 1.54) is 12.7 Å². The van der Waals surface area contributed by atoms with Crippen molar-refractivity contribution in [3.63, 3.8) is 0 Å². The fourth-order valence-electron chi connectivity index (χ4n) is 1.67. The lowest BCUT2D eigenvalue weighted by Gasteiger charge is -2.10. The predicted octanol–water partition coefficient (Wildman–Crippen LogP) is 3.21. The van der Waals surface area contributed by atoms with E-state index in [4.69, 9.17) is 0 Å². The number of hydrogen-bond acceptors (Lipinski definition) is 2. The van der Waals surface area contributed by atoms with Crippen molar-refractivity contribution in [3.05, 3.63) is 35.9 Å². The normalized spacial score (nSPS) is 12.1. The zero-order valence-electron chi connectivity index (χ0n) is 10.1. The van der Waals surface area contributed by atoms with Gasteiger partial charge in [-0.05, 0) is 30.7 Å². The average molecular weight is 220 g/mol. The molecule has 0 aliphatic heterocycles. The molecular weight excluding hydrogens is 200 g/mol. The van der Waals surface area contributed by atoms with Crippen molar-refractivity contribution in [2.75, 3.05) is 7.11 Å². The van der Waals surface area contributed by atoms with Crippen LogP contribution in [-0.2, 0) is 16.0 Å². The highest BCUT2D eigenvalue weighted by Crippen LogP contribution is 2.14. The van der Waals surface area contributed by atoms with Gasteiger partial charge in [0.1, 0.15) is 0 Å². The number of esters is 1. The topological polar surface area (TPSA) is 26.3 Å². The number of methoxy groups -OCH3 is 1. The van der Waals surface area contributed by atoms with Gasteiger partial charge in [-0.1, -0.05) is 37.3 Å². The van der Waals surface area contributed by atoms with Gasteiger partial charge in [0.25, 0.3) is 0 Å².